The molecule has 0 radical (unpaired) electrons. The number of hydrogen-bond donors (Lipinski definition) is 2. The molecule has 0 aliphatic carbocycles. The minimum atomic E-state index is -0.508. The summed E-state index contributed by atoms with van der Waals surface area (Å²) in [6.07, 6.45) is 0. The molecule has 2 atom stereocenters. The lowest BCUT2D eigenvalue weighted by Crippen LogP contribution is -2.38. The van der Waals surface area contributed by atoms with Gasteiger partial charge in [-0.3, -0.25) is 14.9 Å². The molecule has 0 aliphatic heterocycles. The highest BCUT2D eigenvalue weighted by Gasteiger charge is 2.20. The molecule has 104 valence electrons. The highest BCUT2D eigenvalue weighted by atomic mass is 16.6. The second-order valence-corrected chi connectivity index (χ2v) is 4.63. The van der Waals surface area contributed by atoms with Crippen molar-refractivity contribution in [3.8, 4) is 0 Å². The molecule has 0 saturated carbocycles. The summed E-state index contributed by atoms with van der Waals surface area (Å²) in [5, 5.41) is 22.6. The zero-order chi connectivity index (χ0) is 14.6. The van der Waals surface area contributed by atoms with Gasteiger partial charge in [0.1, 0.15) is 0 Å². The molecule has 19 heavy (non-hydrogen) atoms. The van der Waals surface area contributed by atoms with Crippen LogP contribution in [0.1, 0.15) is 29.8 Å². The molecule has 1 aromatic rings. The predicted molar refractivity (Wildman–Crippen MR) is 71.0 cm³/mol. The molecular weight excluding hydrogens is 248 g/mol. The Bertz CT molecular complexity index is 488. The van der Waals surface area contributed by atoms with Crippen LogP contribution in [0.2, 0.25) is 0 Å². The molecule has 1 aromatic carbocycles. The van der Waals surface area contributed by atoms with E-state index in [4.69, 9.17) is 5.11 Å². The van der Waals surface area contributed by atoms with Crippen molar-refractivity contribution >= 4 is 11.6 Å². The van der Waals surface area contributed by atoms with E-state index in [1.807, 2.05) is 6.92 Å². The highest BCUT2D eigenvalue weighted by molar-refractivity contribution is 5.96. The van der Waals surface area contributed by atoms with Crippen LogP contribution >= 0.6 is 0 Å². The van der Waals surface area contributed by atoms with Crippen molar-refractivity contribution in [3.05, 3.63) is 39.4 Å². The van der Waals surface area contributed by atoms with Crippen LogP contribution in [0.15, 0.2) is 18.2 Å². The normalized spacial score (nSPS) is 13.7. The van der Waals surface area contributed by atoms with Crippen LogP contribution in [0.4, 0.5) is 5.69 Å². The van der Waals surface area contributed by atoms with Gasteiger partial charge in [-0.2, -0.15) is 0 Å². The minimum Gasteiger partial charge on any atom is -0.396 e. The van der Waals surface area contributed by atoms with E-state index < -0.39 is 4.92 Å². The largest absolute Gasteiger partial charge is 0.396 e. The van der Waals surface area contributed by atoms with Crippen LogP contribution in [0.5, 0.6) is 0 Å². The fourth-order valence-corrected chi connectivity index (χ4v) is 1.65. The Morgan fingerprint density at radius 2 is 2.11 bits per heavy atom. The summed E-state index contributed by atoms with van der Waals surface area (Å²) < 4.78 is 0. The first kappa shape index (κ1) is 15.1. The second kappa shape index (κ2) is 6.29. The third kappa shape index (κ3) is 3.51. The van der Waals surface area contributed by atoms with Crippen molar-refractivity contribution in [1.82, 2.24) is 5.32 Å². The second-order valence-electron chi connectivity index (χ2n) is 4.63. The van der Waals surface area contributed by atoms with Gasteiger partial charge in [-0.05, 0) is 25.8 Å². The molecule has 1 rings (SSSR count). The van der Waals surface area contributed by atoms with Crippen molar-refractivity contribution in [2.45, 2.75) is 26.8 Å². The van der Waals surface area contributed by atoms with E-state index in [9.17, 15) is 14.9 Å². The fraction of sp³-hybridized carbons (Fsp3) is 0.462. The lowest BCUT2D eigenvalue weighted by atomic mass is 10.0. The minimum absolute atomic E-state index is 0.0324. The summed E-state index contributed by atoms with van der Waals surface area (Å²) in [6.45, 7) is 5.11. The first-order valence-corrected chi connectivity index (χ1v) is 6.04. The van der Waals surface area contributed by atoms with Gasteiger partial charge in [0.2, 0.25) is 0 Å². The molecule has 0 saturated heterocycles. The molecule has 2 N–H and O–H groups in total. The summed E-state index contributed by atoms with van der Waals surface area (Å²) in [4.78, 5) is 22.4. The standard InChI is InChI=1S/C13H18N2O4/c1-8(7-16)10(3)14-13(17)11-5-4-6-12(9(11)2)15(18)19/h4-6,8,10,16H,7H2,1-3H3,(H,14,17). The van der Waals surface area contributed by atoms with Crippen LogP contribution in [-0.2, 0) is 0 Å². The van der Waals surface area contributed by atoms with Crippen LogP contribution in [0.3, 0.4) is 0 Å². The summed E-state index contributed by atoms with van der Waals surface area (Å²) in [7, 11) is 0. The monoisotopic (exact) mass is 266 g/mol. The van der Waals surface area contributed by atoms with Crippen molar-refractivity contribution in [3.63, 3.8) is 0 Å². The number of carbonyl (C=O) groups excluding carboxylic acids is 1. The Labute approximate surface area is 111 Å². The lowest BCUT2D eigenvalue weighted by molar-refractivity contribution is -0.385. The van der Waals surface area contributed by atoms with Gasteiger partial charge in [-0.15, -0.1) is 0 Å². The number of nitrogens with zero attached hydrogens (tertiary/aromatic N) is 1. The Morgan fingerprint density at radius 1 is 1.47 bits per heavy atom. The molecule has 0 spiro atoms. The zero-order valence-electron chi connectivity index (χ0n) is 11.2. The maximum Gasteiger partial charge on any atom is 0.273 e. The fourth-order valence-electron chi connectivity index (χ4n) is 1.65. The van der Waals surface area contributed by atoms with Gasteiger partial charge < -0.3 is 10.4 Å². The molecule has 0 bridgehead atoms. The van der Waals surface area contributed by atoms with Gasteiger partial charge in [-0.1, -0.05) is 13.0 Å². The van der Waals surface area contributed by atoms with Gasteiger partial charge in [-0.25, -0.2) is 0 Å². The Balaban J connectivity index is 2.95. The van der Waals surface area contributed by atoms with E-state index in [1.54, 1.807) is 19.9 Å². The summed E-state index contributed by atoms with van der Waals surface area (Å²) in [6, 6.07) is 4.19. The van der Waals surface area contributed by atoms with Gasteiger partial charge in [0, 0.05) is 29.8 Å². The van der Waals surface area contributed by atoms with E-state index in [2.05, 4.69) is 5.32 Å². The molecule has 0 fully saturated rings. The summed E-state index contributed by atoms with van der Waals surface area (Å²) in [5.74, 6) is -0.447. The molecule has 0 aromatic heterocycles. The third-order valence-corrected chi connectivity index (χ3v) is 3.25. The average Bonchev–Trinajstić information content (AvgIpc) is 2.37. The molecule has 2 unspecified atom stereocenters. The Hall–Kier alpha value is -1.95. The number of carbonyl (C=O) groups is 1. The number of nitrogens with one attached hydrogen (secondary N) is 1. The number of benzene rings is 1. The van der Waals surface area contributed by atoms with E-state index in [0.29, 0.717) is 5.56 Å². The number of nitro benzene ring substituents is 1. The van der Waals surface area contributed by atoms with Crippen LogP contribution in [0, 0.1) is 23.0 Å². The smallest absolute Gasteiger partial charge is 0.273 e. The van der Waals surface area contributed by atoms with E-state index in [-0.39, 0.29) is 35.7 Å². The van der Waals surface area contributed by atoms with Crippen molar-refractivity contribution in [2.24, 2.45) is 5.92 Å². The number of rotatable bonds is 5. The van der Waals surface area contributed by atoms with Gasteiger partial charge in [0.05, 0.1) is 4.92 Å². The molecule has 6 heteroatoms. The number of amides is 1. The lowest BCUT2D eigenvalue weighted by Gasteiger charge is -2.19. The SMILES string of the molecule is Cc1c(C(=O)NC(C)C(C)CO)cccc1[N+](=O)[O-]. The summed E-state index contributed by atoms with van der Waals surface area (Å²) >= 11 is 0. The molecular formula is C13H18N2O4. The number of hydrogen-bond acceptors (Lipinski definition) is 4. The van der Waals surface area contributed by atoms with Crippen molar-refractivity contribution in [1.29, 1.82) is 0 Å². The van der Waals surface area contributed by atoms with Crippen LogP contribution in [-0.4, -0.2) is 28.6 Å². The quantitative estimate of drug-likeness (QED) is 0.626. The molecule has 1 amide bonds. The first-order chi connectivity index (χ1) is 8.88. The van der Waals surface area contributed by atoms with E-state index in [0.717, 1.165) is 0 Å². The number of aliphatic hydroxyl groups is 1. The highest BCUT2D eigenvalue weighted by Crippen LogP contribution is 2.21. The van der Waals surface area contributed by atoms with Gasteiger partial charge in [0.25, 0.3) is 11.6 Å². The van der Waals surface area contributed by atoms with Gasteiger partial charge >= 0.3 is 0 Å². The van der Waals surface area contributed by atoms with Crippen LogP contribution in [0.25, 0.3) is 0 Å². The predicted octanol–water partition coefficient (Wildman–Crippen LogP) is 1.65. The average molecular weight is 266 g/mol. The maximum atomic E-state index is 12.1. The Morgan fingerprint density at radius 3 is 2.63 bits per heavy atom. The maximum absolute atomic E-state index is 12.1. The molecule has 0 heterocycles. The molecule has 0 aliphatic rings. The summed E-state index contributed by atoms with van der Waals surface area (Å²) in [5.41, 5.74) is 0.551. The topological polar surface area (TPSA) is 92.5 Å². The van der Waals surface area contributed by atoms with Crippen molar-refractivity contribution < 1.29 is 14.8 Å². The number of aliphatic hydroxyl groups excluding tert-OH is 1. The van der Waals surface area contributed by atoms with E-state index in [1.165, 1.54) is 12.1 Å². The first-order valence-electron chi connectivity index (χ1n) is 6.04. The zero-order valence-corrected chi connectivity index (χ0v) is 11.2. The number of nitro groups is 1. The van der Waals surface area contributed by atoms with Crippen molar-refractivity contribution in [2.75, 3.05) is 6.61 Å². The van der Waals surface area contributed by atoms with Crippen LogP contribution < -0.4 is 5.32 Å². The Kier molecular flexibility index (Phi) is 5.00. The molecule has 6 nitrogen and oxygen atoms in total. The van der Waals surface area contributed by atoms with E-state index >= 15 is 0 Å². The third-order valence-electron chi connectivity index (χ3n) is 3.25. The van der Waals surface area contributed by atoms with Gasteiger partial charge in [0.15, 0.2) is 0 Å².